The minimum absolute atomic E-state index is 0.467. The Morgan fingerprint density at radius 2 is 1.89 bits per heavy atom. The normalized spacial score (nSPS) is 23.3. The molecule has 0 amide bonds. The zero-order valence-corrected chi connectivity index (χ0v) is 13.4. The van der Waals surface area contributed by atoms with Gasteiger partial charge in [-0.3, -0.25) is 0 Å². The standard InChI is InChI=1S/C14H18Cl2N2S/c1-9-4-3-5-10(2)18(9)14(19)17-13-7-6-11(15)8-12(13)16/h6-10H,3-5H2,1-2H3,(H,17,19)/t9-,10+. The maximum atomic E-state index is 6.16. The summed E-state index contributed by atoms with van der Waals surface area (Å²) in [5, 5.41) is 5.19. The average molecular weight is 317 g/mol. The van der Waals surface area contributed by atoms with E-state index in [0.717, 1.165) is 10.8 Å². The highest BCUT2D eigenvalue weighted by Gasteiger charge is 2.26. The first-order valence-electron chi connectivity index (χ1n) is 6.53. The van der Waals surface area contributed by atoms with Crippen LogP contribution in [0.4, 0.5) is 5.69 Å². The Kier molecular flexibility index (Phi) is 4.93. The molecule has 1 aromatic carbocycles. The Bertz CT molecular complexity index is 469. The summed E-state index contributed by atoms with van der Waals surface area (Å²) in [5.74, 6) is 0. The third-order valence-corrected chi connectivity index (χ3v) is 4.46. The van der Waals surface area contributed by atoms with E-state index in [1.165, 1.54) is 19.3 Å². The van der Waals surface area contributed by atoms with Crippen LogP contribution < -0.4 is 5.32 Å². The lowest BCUT2D eigenvalue weighted by Crippen LogP contribution is -2.49. The van der Waals surface area contributed by atoms with Crippen LogP contribution in [0, 0.1) is 0 Å². The van der Waals surface area contributed by atoms with E-state index in [1.54, 1.807) is 12.1 Å². The van der Waals surface area contributed by atoms with Crippen molar-refractivity contribution >= 4 is 46.2 Å². The fourth-order valence-corrected chi connectivity index (χ4v) is 3.52. The predicted octanol–water partition coefficient (Wildman–Crippen LogP) is 4.95. The van der Waals surface area contributed by atoms with E-state index in [-0.39, 0.29) is 0 Å². The highest BCUT2D eigenvalue weighted by molar-refractivity contribution is 7.80. The quantitative estimate of drug-likeness (QED) is 0.738. The number of hydrogen-bond acceptors (Lipinski definition) is 1. The van der Waals surface area contributed by atoms with Crippen molar-refractivity contribution in [1.29, 1.82) is 0 Å². The molecule has 1 heterocycles. The molecular formula is C14H18Cl2N2S. The zero-order chi connectivity index (χ0) is 14.0. The molecule has 1 aliphatic rings. The highest BCUT2D eigenvalue weighted by atomic mass is 35.5. The van der Waals surface area contributed by atoms with Gasteiger partial charge in [-0.15, -0.1) is 0 Å². The van der Waals surface area contributed by atoms with E-state index in [4.69, 9.17) is 35.4 Å². The number of thiocarbonyl (C=S) groups is 1. The minimum Gasteiger partial charge on any atom is -0.344 e. The van der Waals surface area contributed by atoms with Gasteiger partial charge in [-0.1, -0.05) is 23.2 Å². The number of anilines is 1. The largest absolute Gasteiger partial charge is 0.344 e. The maximum Gasteiger partial charge on any atom is 0.173 e. The first kappa shape index (κ1) is 14.9. The van der Waals surface area contributed by atoms with Gasteiger partial charge in [-0.2, -0.15) is 0 Å². The van der Waals surface area contributed by atoms with Crippen LogP contribution in [0.1, 0.15) is 33.1 Å². The van der Waals surface area contributed by atoms with Crippen LogP contribution in [0.15, 0.2) is 18.2 Å². The molecule has 0 saturated carbocycles. The van der Waals surface area contributed by atoms with Crippen LogP contribution >= 0.6 is 35.4 Å². The fourth-order valence-electron chi connectivity index (χ4n) is 2.59. The van der Waals surface area contributed by atoms with Crippen molar-refractivity contribution in [2.45, 2.75) is 45.2 Å². The second-order valence-corrected chi connectivity index (χ2v) is 6.32. The Morgan fingerprint density at radius 3 is 2.47 bits per heavy atom. The molecule has 2 atom stereocenters. The molecule has 0 spiro atoms. The van der Waals surface area contributed by atoms with Crippen molar-refractivity contribution in [3.05, 3.63) is 28.2 Å². The molecule has 0 unspecified atom stereocenters. The molecule has 5 heteroatoms. The summed E-state index contributed by atoms with van der Waals surface area (Å²) in [6, 6.07) is 6.32. The third-order valence-electron chi connectivity index (χ3n) is 3.60. The number of nitrogens with zero attached hydrogens (tertiary/aromatic N) is 1. The van der Waals surface area contributed by atoms with Gasteiger partial charge in [0, 0.05) is 17.1 Å². The first-order valence-corrected chi connectivity index (χ1v) is 7.70. The highest BCUT2D eigenvalue weighted by Crippen LogP contribution is 2.28. The SMILES string of the molecule is C[C@@H]1CCC[C@H](C)N1C(=S)Nc1ccc(Cl)cc1Cl. The molecule has 1 aromatic rings. The summed E-state index contributed by atoms with van der Waals surface area (Å²) in [7, 11) is 0. The van der Waals surface area contributed by atoms with Crippen molar-refractivity contribution < 1.29 is 0 Å². The lowest BCUT2D eigenvalue weighted by atomic mass is 9.98. The van der Waals surface area contributed by atoms with E-state index in [1.807, 2.05) is 6.07 Å². The molecule has 1 N–H and O–H groups in total. The number of halogens is 2. The van der Waals surface area contributed by atoms with Gasteiger partial charge in [0.25, 0.3) is 0 Å². The summed E-state index contributed by atoms with van der Waals surface area (Å²) in [5.41, 5.74) is 0.807. The van der Waals surface area contributed by atoms with Crippen molar-refractivity contribution in [3.63, 3.8) is 0 Å². The van der Waals surface area contributed by atoms with Gasteiger partial charge in [0.2, 0.25) is 0 Å². The van der Waals surface area contributed by atoms with Gasteiger partial charge < -0.3 is 10.2 Å². The van der Waals surface area contributed by atoms with Crippen LogP contribution in [0.3, 0.4) is 0 Å². The Morgan fingerprint density at radius 1 is 1.26 bits per heavy atom. The van der Waals surface area contributed by atoms with E-state index < -0.39 is 0 Å². The molecule has 1 fully saturated rings. The molecule has 0 aliphatic carbocycles. The molecule has 0 bridgehead atoms. The van der Waals surface area contributed by atoms with Crippen molar-refractivity contribution in [3.8, 4) is 0 Å². The molecule has 0 aromatic heterocycles. The van der Waals surface area contributed by atoms with Crippen molar-refractivity contribution in [2.75, 3.05) is 5.32 Å². The van der Waals surface area contributed by atoms with Crippen molar-refractivity contribution in [2.24, 2.45) is 0 Å². The Labute approximate surface area is 130 Å². The fraction of sp³-hybridized carbons (Fsp3) is 0.500. The van der Waals surface area contributed by atoms with Crippen LogP contribution in [-0.4, -0.2) is 22.1 Å². The molecule has 1 aliphatic heterocycles. The monoisotopic (exact) mass is 316 g/mol. The second-order valence-electron chi connectivity index (χ2n) is 5.09. The van der Waals surface area contributed by atoms with Crippen LogP contribution in [-0.2, 0) is 0 Å². The van der Waals surface area contributed by atoms with Gasteiger partial charge >= 0.3 is 0 Å². The van der Waals surface area contributed by atoms with Crippen LogP contribution in [0.25, 0.3) is 0 Å². The lowest BCUT2D eigenvalue weighted by molar-refractivity contribution is 0.194. The van der Waals surface area contributed by atoms with Crippen LogP contribution in [0.2, 0.25) is 10.0 Å². The average Bonchev–Trinajstić information content (AvgIpc) is 2.32. The van der Waals surface area contributed by atoms with Gasteiger partial charge in [0.05, 0.1) is 10.7 Å². The summed E-state index contributed by atoms with van der Waals surface area (Å²) >= 11 is 17.6. The first-order chi connectivity index (χ1) is 8.99. The maximum absolute atomic E-state index is 6.16. The summed E-state index contributed by atoms with van der Waals surface area (Å²) in [6.45, 7) is 4.43. The number of hydrogen-bond donors (Lipinski definition) is 1. The molecular weight excluding hydrogens is 299 g/mol. The summed E-state index contributed by atoms with van der Waals surface area (Å²) < 4.78 is 0. The molecule has 0 radical (unpaired) electrons. The molecule has 2 nitrogen and oxygen atoms in total. The predicted molar refractivity (Wildman–Crippen MR) is 87.3 cm³/mol. The number of rotatable bonds is 1. The van der Waals surface area contributed by atoms with Crippen LogP contribution in [0.5, 0.6) is 0 Å². The van der Waals surface area contributed by atoms with E-state index in [2.05, 4.69) is 24.1 Å². The number of piperidine rings is 1. The van der Waals surface area contributed by atoms with E-state index in [0.29, 0.717) is 22.1 Å². The Hall–Kier alpha value is -0.510. The molecule has 19 heavy (non-hydrogen) atoms. The summed E-state index contributed by atoms with van der Waals surface area (Å²) in [6.07, 6.45) is 3.63. The zero-order valence-electron chi connectivity index (χ0n) is 11.1. The number of likely N-dealkylation sites (tertiary alicyclic amines) is 1. The topological polar surface area (TPSA) is 15.3 Å². The van der Waals surface area contributed by atoms with Gasteiger partial charge in [0.1, 0.15) is 0 Å². The second kappa shape index (κ2) is 6.29. The van der Waals surface area contributed by atoms with Gasteiger partial charge in [0.15, 0.2) is 5.11 Å². The van der Waals surface area contributed by atoms with Gasteiger partial charge in [-0.25, -0.2) is 0 Å². The third kappa shape index (κ3) is 3.53. The van der Waals surface area contributed by atoms with Gasteiger partial charge in [-0.05, 0) is 63.5 Å². The smallest absolute Gasteiger partial charge is 0.173 e. The van der Waals surface area contributed by atoms with E-state index in [9.17, 15) is 0 Å². The minimum atomic E-state index is 0.467. The Balaban J connectivity index is 2.11. The number of nitrogens with one attached hydrogen (secondary N) is 1. The molecule has 104 valence electrons. The van der Waals surface area contributed by atoms with Crippen molar-refractivity contribution in [1.82, 2.24) is 4.90 Å². The van der Waals surface area contributed by atoms with E-state index >= 15 is 0 Å². The molecule has 2 rings (SSSR count). The lowest BCUT2D eigenvalue weighted by Gasteiger charge is -2.41. The molecule has 1 saturated heterocycles. The number of benzene rings is 1. The summed E-state index contributed by atoms with van der Waals surface area (Å²) in [4.78, 5) is 2.27.